The molecular formula is C49H36N4S. The van der Waals surface area contributed by atoms with Crippen molar-refractivity contribution in [3.05, 3.63) is 169 Å². The van der Waals surface area contributed by atoms with Crippen molar-refractivity contribution in [1.82, 2.24) is 19.5 Å². The van der Waals surface area contributed by atoms with Gasteiger partial charge in [0.2, 0.25) is 0 Å². The smallest absolute Gasteiger partial charge is 0.166 e. The summed E-state index contributed by atoms with van der Waals surface area (Å²) >= 11 is 1.85. The molecule has 258 valence electrons. The predicted octanol–water partition coefficient (Wildman–Crippen LogP) is 13.3. The Labute approximate surface area is 318 Å². The lowest BCUT2D eigenvalue weighted by atomic mass is 9.86. The fourth-order valence-electron chi connectivity index (χ4n) is 7.68. The zero-order valence-corrected chi connectivity index (χ0v) is 31.1. The van der Waals surface area contributed by atoms with Crippen molar-refractivity contribution in [2.75, 3.05) is 0 Å². The van der Waals surface area contributed by atoms with Gasteiger partial charge in [0.05, 0.1) is 16.7 Å². The second kappa shape index (κ2) is 12.6. The van der Waals surface area contributed by atoms with Gasteiger partial charge in [-0.25, -0.2) is 15.0 Å². The fraction of sp³-hybridized carbons (Fsp3) is 0.0816. The Hall–Kier alpha value is -6.43. The standard InChI is InChI=1S/C49H36N4S/c1-49(2,3)34-26-28-42-39(30-34)36-19-10-12-23-41(36)53(42)43-27-25-33(35-21-14-22-38-37-20-11-13-24-44(37)54-45(35)38)29-40(43)48-51-46(31-15-6-4-7-16-31)50-47(52-48)32-17-8-5-9-18-32/h4-30H,1-3H3. The Morgan fingerprint density at radius 1 is 0.444 bits per heavy atom. The maximum absolute atomic E-state index is 5.28. The molecule has 0 aliphatic rings. The molecule has 0 saturated heterocycles. The van der Waals surface area contributed by atoms with Crippen LogP contribution >= 0.6 is 11.3 Å². The van der Waals surface area contributed by atoms with Gasteiger partial charge in [0.25, 0.3) is 0 Å². The first-order chi connectivity index (χ1) is 26.4. The van der Waals surface area contributed by atoms with Crippen LogP contribution in [-0.2, 0) is 5.41 Å². The van der Waals surface area contributed by atoms with Crippen LogP contribution in [0.15, 0.2) is 164 Å². The first-order valence-electron chi connectivity index (χ1n) is 18.4. The van der Waals surface area contributed by atoms with Gasteiger partial charge in [0, 0.05) is 47.6 Å². The molecule has 0 fully saturated rings. The Morgan fingerprint density at radius 3 is 1.78 bits per heavy atom. The Balaban J connectivity index is 1.29. The van der Waals surface area contributed by atoms with Crippen LogP contribution < -0.4 is 0 Å². The van der Waals surface area contributed by atoms with E-state index in [0.717, 1.165) is 39.0 Å². The molecule has 10 aromatic rings. The third-order valence-electron chi connectivity index (χ3n) is 10.4. The van der Waals surface area contributed by atoms with E-state index in [4.69, 9.17) is 15.0 Å². The number of fused-ring (bicyclic) bond motifs is 6. The molecule has 4 nitrogen and oxygen atoms in total. The van der Waals surface area contributed by atoms with Gasteiger partial charge in [0.1, 0.15) is 0 Å². The fourth-order valence-corrected chi connectivity index (χ4v) is 8.92. The van der Waals surface area contributed by atoms with E-state index in [9.17, 15) is 0 Å². The molecule has 0 N–H and O–H groups in total. The van der Waals surface area contributed by atoms with Crippen molar-refractivity contribution >= 4 is 53.3 Å². The van der Waals surface area contributed by atoms with Crippen molar-refractivity contribution in [2.45, 2.75) is 26.2 Å². The van der Waals surface area contributed by atoms with E-state index in [-0.39, 0.29) is 5.41 Å². The first kappa shape index (κ1) is 32.2. The quantitative estimate of drug-likeness (QED) is 0.178. The van der Waals surface area contributed by atoms with Crippen molar-refractivity contribution < 1.29 is 0 Å². The molecule has 0 saturated carbocycles. The van der Waals surface area contributed by atoms with Gasteiger partial charge in [-0.1, -0.05) is 148 Å². The van der Waals surface area contributed by atoms with Crippen LogP contribution in [0.25, 0.3) is 93.0 Å². The predicted molar refractivity (Wildman–Crippen MR) is 227 cm³/mol. The molecule has 0 amide bonds. The summed E-state index contributed by atoms with van der Waals surface area (Å²) in [5.74, 6) is 1.90. The normalized spacial score (nSPS) is 12.0. The summed E-state index contributed by atoms with van der Waals surface area (Å²) in [5, 5.41) is 5.00. The molecule has 0 aliphatic heterocycles. The lowest BCUT2D eigenvalue weighted by Gasteiger charge is -2.19. The first-order valence-corrected chi connectivity index (χ1v) is 19.2. The summed E-state index contributed by atoms with van der Waals surface area (Å²) in [7, 11) is 0. The maximum Gasteiger partial charge on any atom is 0.166 e. The summed E-state index contributed by atoms with van der Waals surface area (Å²) in [6.45, 7) is 6.82. The molecule has 54 heavy (non-hydrogen) atoms. The zero-order chi connectivity index (χ0) is 36.4. The second-order valence-corrected chi connectivity index (χ2v) is 15.9. The monoisotopic (exact) mass is 712 g/mol. The maximum atomic E-state index is 5.28. The second-order valence-electron chi connectivity index (χ2n) is 14.9. The van der Waals surface area contributed by atoms with Crippen LogP contribution in [0.3, 0.4) is 0 Å². The highest BCUT2D eigenvalue weighted by Gasteiger charge is 2.22. The summed E-state index contributed by atoms with van der Waals surface area (Å²) in [4.78, 5) is 15.6. The molecule has 0 unspecified atom stereocenters. The van der Waals surface area contributed by atoms with Gasteiger partial charge in [0.15, 0.2) is 17.5 Å². The Morgan fingerprint density at radius 2 is 1.06 bits per heavy atom. The average molecular weight is 713 g/mol. The number of rotatable bonds is 5. The van der Waals surface area contributed by atoms with Gasteiger partial charge in [-0.05, 0) is 58.5 Å². The largest absolute Gasteiger partial charge is 0.309 e. The van der Waals surface area contributed by atoms with E-state index in [1.54, 1.807) is 0 Å². The van der Waals surface area contributed by atoms with Gasteiger partial charge in [-0.2, -0.15) is 0 Å². The SMILES string of the molecule is CC(C)(C)c1ccc2c(c1)c1ccccc1n2-c1ccc(-c2cccc3c2sc2ccccc23)cc1-c1nc(-c2ccccc2)nc(-c2ccccc2)n1. The minimum Gasteiger partial charge on any atom is -0.309 e. The molecule has 5 heteroatoms. The topological polar surface area (TPSA) is 43.6 Å². The summed E-state index contributed by atoms with van der Waals surface area (Å²) in [5.41, 5.74) is 9.75. The average Bonchev–Trinajstić information content (AvgIpc) is 3.76. The summed E-state index contributed by atoms with van der Waals surface area (Å²) in [6, 6.07) is 58.2. The number of nitrogens with zero attached hydrogens (tertiary/aromatic N) is 4. The number of aromatic nitrogens is 4. The Bertz CT molecular complexity index is 2970. The lowest BCUT2D eigenvalue weighted by molar-refractivity contribution is 0.591. The number of hydrogen-bond donors (Lipinski definition) is 0. The third-order valence-corrected chi connectivity index (χ3v) is 11.7. The Kier molecular flexibility index (Phi) is 7.53. The van der Waals surface area contributed by atoms with Crippen LogP contribution in [0.5, 0.6) is 0 Å². The zero-order valence-electron chi connectivity index (χ0n) is 30.3. The molecule has 0 bridgehead atoms. The molecule has 3 aromatic heterocycles. The van der Waals surface area contributed by atoms with Crippen LogP contribution in [-0.4, -0.2) is 19.5 Å². The van der Waals surface area contributed by atoms with E-state index in [1.165, 1.54) is 42.1 Å². The van der Waals surface area contributed by atoms with E-state index in [0.29, 0.717) is 17.5 Å². The molecule has 0 radical (unpaired) electrons. The van der Waals surface area contributed by atoms with Crippen molar-refractivity contribution in [3.8, 4) is 51.0 Å². The highest BCUT2D eigenvalue weighted by atomic mass is 32.1. The van der Waals surface area contributed by atoms with Crippen LogP contribution in [0, 0.1) is 0 Å². The van der Waals surface area contributed by atoms with Crippen molar-refractivity contribution in [2.24, 2.45) is 0 Å². The summed E-state index contributed by atoms with van der Waals surface area (Å²) < 4.78 is 4.95. The van der Waals surface area contributed by atoms with Gasteiger partial charge >= 0.3 is 0 Å². The van der Waals surface area contributed by atoms with Crippen molar-refractivity contribution in [1.29, 1.82) is 0 Å². The highest BCUT2D eigenvalue weighted by molar-refractivity contribution is 7.26. The molecule has 0 atom stereocenters. The minimum absolute atomic E-state index is 0.0182. The van der Waals surface area contributed by atoms with Crippen LogP contribution in [0.1, 0.15) is 26.3 Å². The molecule has 10 rings (SSSR count). The number of para-hydroxylation sites is 1. The molecule has 7 aromatic carbocycles. The van der Waals surface area contributed by atoms with Gasteiger partial charge in [-0.3, -0.25) is 0 Å². The van der Waals surface area contributed by atoms with E-state index < -0.39 is 0 Å². The van der Waals surface area contributed by atoms with Gasteiger partial charge in [-0.15, -0.1) is 11.3 Å². The van der Waals surface area contributed by atoms with Crippen LogP contribution in [0.2, 0.25) is 0 Å². The van der Waals surface area contributed by atoms with E-state index in [2.05, 4.69) is 153 Å². The van der Waals surface area contributed by atoms with E-state index in [1.807, 2.05) is 47.7 Å². The van der Waals surface area contributed by atoms with Gasteiger partial charge < -0.3 is 4.57 Å². The molecule has 0 aliphatic carbocycles. The minimum atomic E-state index is 0.0182. The third kappa shape index (κ3) is 5.39. The summed E-state index contributed by atoms with van der Waals surface area (Å²) in [6.07, 6.45) is 0. The number of thiophene rings is 1. The molecule has 0 spiro atoms. The lowest BCUT2D eigenvalue weighted by Crippen LogP contribution is -2.10. The number of benzene rings is 7. The van der Waals surface area contributed by atoms with Crippen LogP contribution in [0.4, 0.5) is 0 Å². The van der Waals surface area contributed by atoms with Crippen molar-refractivity contribution in [3.63, 3.8) is 0 Å². The molecular weight excluding hydrogens is 677 g/mol. The molecule has 3 heterocycles. The highest BCUT2D eigenvalue weighted by Crippen LogP contribution is 2.43. The number of hydrogen-bond acceptors (Lipinski definition) is 4. The van der Waals surface area contributed by atoms with E-state index >= 15 is 0 Å².